The van der Waals surface area contributed by atoms with Gasteiger partial charge in [-0.2, -0.15) is 10.5 Å². The largest absolute Gasteiger partial charge is 0.280 e. The van der Waals surface area contributed by atoms with Crippen LogP contribution >= 0.6 is 0 Å². The van der Waals surface area contributed by atoms with Crippen LogP contribution in [0.4, 0.5) is 13.2 Å². The fourth-order valence-corrected chi connectivity index (χ4v) is 1.05. The van der Waals surface area contributed by atoms with Gasteiger partial charge in [-0.15, -0.1) is 0 Å². The molecule has 0 aliphatic rings. The van der Waals surface area contributed by atoms with Crippen molar-refractivity contribution >= 4 is 0 Å². The molecule has 1 aromatic heterocycles. The average molecular weight is 211 g/mol. The maximum Gasteiger partial charge on any atom is 0.280 e. The quantitative estimate of drug-likeness (QED) is 0.752. The zero-order chi connectivity index (χ0) is 11.4. The summed E-state index contributed by atoms with van der Waals surface area (Å²) in [5.74, 6) is -1.00. The maximum atomic E-state index is 13.2. The molecule has 0 aliphatic heterocycles. The van der Waals surface area contributed by atoms with Crippen LogP contribution < -0.4 is 0 Å². The summed E-state index contributed by atoms with van der Waals surface area (Å²) in [7, 11) is 0. The van der Waals surface area contributed by atoms with Gasteiger partial charge in [0.05, 0.1) is 12.5 Å². The Labute approximate surface area is 83.4 Å². The van der Waals surface area contributed by atoms with E-state index in [0.717, 1.165) is 6.07 Å². The molecule has 76 valence electrons. The molecule has 6 heteroatoms. The molecule has 0 amide bonds. The highest BCUT2D eigenvalue weighted by molar-refractivity contribution is 5.32. The maximum absolute atomic E-state index is 13.2. The molecule has 0 radical (unpaired) electrons. The molecule has 0 aliphatic carbocycles. The minimum atomic E-state index is -3.00. The summed E-state index contributed by atoms with van der Waals surface area (Å²) >= 11 is 0. The Morgan fingerprint density at radius 1 is 1.40 bits per heavy atom. The zero-order valence-electron chi connectivity index (χ0n) is 7.34. The standard InChI is InChI=1S/C9H4F3N3/c10-7-3-5(4-14)15-8(9(11)12)6(7)1-2-13/h3,9H,1H2. The second kappa shape index (κ2) is 4.43. The van der Waals surface area contributed by atoms with Crippen molar-refractivity contribution in [3.63, 3.8) is 0 Å². The van der Waals surface area contributed by atoms with Crippen LogP contribution in [-0.4, -0.2) is 4.98 Å². The third-order valence-electron chi connectivity index (χ3n) is 1.68. The van der Waals surface area contributed by atoms with Gasteiger partial charge < -0.3 is 0 Å². The topological polar surface area (TPSA) is 60.5 Å². The second-order valence-electron chi connectivity index (χ2n) is 2.60. The van der Waals surface area contributed by atoms with Crippen molar-refractivity contribution in [1.82, 2.24) is 4.98 Å². The molecule has 1 heterocycles. The van der Waals surface area contributed by atoms with Crippen molar-refractivity contribution in [2.24, 2.45) is 0 Å². The lowest BCUT2D eigenvalue weighted by molar-refractivity contribution is 0.144. The monoisotopic (exact) mass is 211 g/mol. The van der Waals surface area contributed by atoms with E-state index in [2.05, 4.69) is 4.98 Å². The Morgan fingerprint density at radius 2 is 2.07 bits per heavy atom. The summed E-state index contributed by atoms with van der Waals surface area (Å²) < 4.78 is 38.0. The SMILES string of the molecule is N#CCc1c(F)cc(C#N)nc1C(F)F. The predicted octanol–water partition coefficient (Wildman–Crippen LogP) is 2.10. The van der Waals surface area contributed by atoms with Gasteiger partial charge in [0.25, 0.3) is 6.43 Å². The van der Waals surface area contributed by atoms with Gasteiger partial charge in [0.1, 0.15) is 23.3 Å². The van der Waals surface area contributed by atoms with Crippen molar-refractivity contribution < 1.29 is 13.2 Å². The highest BCUT2D eigenvalue weighted by Gasteiger charge is 2.19. The van der Waals surface area contributed by atoms with E-state index < -0.39 is 35.6 Å². The van der Waals surface area contributed by atoms with Gasteiger partial charge in [-0.1, -0.05) is 0 Å². The van der Waals surface area contributed by atoms with Crippen LogP contribution in [0.1, 0.15) is 23.4 Å². The number of hydrogen-bond donors (Lipinski definition) is 0. The molecule has 0 fully saturated rings. The van der Waals surface area contributed by atoms with E-state index in [1.807, 2.05) is 0 Å². The second-order valence-corrected chi connectivity index (χ2v) is 2.60. The fourth-order valence-electron chi connectivity index (χ4n) is 1.05. The van der Waals surface area contributed by atoms with Crippen molar-refractivity contribution in [3.05, 3.63) is 28.8 Å². The number of hydrogen-bond acceptors (Lipinski definition) is 3. The van der Waals surface area contributed by atoms with E-state index in [1.54, 1.807) is 6.07 Å². The number of nitriles is 2. The number of halogens is 3. The molecule has 0 unspecified atom stereocenters. The lowest BCUT2D eigenvalue weighted by Crippen LogP contribution is -2.03. The van der Waals surface area contributed by atoms with Gasteiger partial charge in [0.15, 0.2) is 0 Å². The Balaban J connectivity index is 3.38. The minimum Gasteiger partial charge on any atom is -0.236 e. The van der Waals surface area contributed by atoms with Crippen LogP contribution in [0.15, 0.2) is 6.07 Å². The first-order chi connectivity index (χ1) is 7.10. The van der Waals surface area contributed by atoms with E-state index in [1.165, 1.54) is 6.07 Å². The van der Waals surface area contributed by atoms with Gasteiger partial charge in [0, 0.05) is 11.6 Å². The summed E-state index contributed by atoms with van der Waals surface area (Å²) in [5.41, 5.74) is -1.72. The lowest BCUT2D eigenvalue weighted by Gasteiger charge is -2.06. The average Bonchev–Trinajstić information content (AvgIpc) is 2.20. The summed E-state index contributed by atoms with van der Waals surface area (Å²) in [6, 6.07) is 3.76. The summed E-state index contributed by atoms with van der Waals surface area (Å²) in [6.45, 7) is 0. The number of aromatic nitrogens is 1. The molecule has 0 aromatic carbocycles. The predicted molar refractivity (Wildman–Crippen MR) is 43.2 cm³/mol. The van der Waals surface area contributed by atoms with E-state index in [4.69, 9.17) is 10.5 Å². The van der Waals surface area contributed by atoms with Gasteiger partial charge in [0.2, 0.25) is 0 Å². The molecular formula is C9H4F3N3. The summed E-state index contributed by atoms with van der Waals surface area (Å²) in [4.78, 5) is 3.27. The van der Waals surface area contributed by atoms with Crippen LogP contribution in [0.5, 0.6) is 0 Å². The van der Waals surface area contributed by atoms with Crippen LogP contribution in [0.3, 0.4) is 0 Å². The first kappa shape index (κ1) is 11.0. The van der Waals surface area contributed by atoms with Crippen molar-refractivity contribution in [2.45, 2.75) is 12.8 Å². The summed E-state index contributed by atoms with van der Waals surface area (Å²) in [5, 5.41) is 16.7. The normalized spacial score (nSPS) is 9.73. The lowest BCUT2D eigenvalue weighted by atomic mass is 10.1. The van der Waals surface area contributed by atoms with E-state index in [0.29, 0.717) is 0 Å². The molecule has 0 saturated carbocycles. The van der Waals surface area contributed by atoms with Crippen molar-refractivity contribution in [1.29, 1.82) is 10.5 Å². The number of pyridine rings is 1. The molecule has 0 saturated heterocycles. The molecule has 1 rings (SSSR count). The molecule has 0 atom stereocenters. The Morgan fingerprint density at radius 3 is 2.53 bits per heavy atom. The van der Waals surface area contributed by atoms with Crippen molar-refractivity contribution in [2.75, 3.05) is 0 Å². The molecule has 0 N–H and O–H groups in total. The highest BCUT2D eigenvalue weighted by Crippen LogP contribution is 2.23. The third-order valence-corrected chi connectivity index (χ3v) is 1.68. The van der Waals surface area contributed by atoms with Gasteiger partial charge in [-0.25, -0.2) is 18.2 Å². The van der Waals surface area contributed by atoms with E-state index in [-0.39, 0.29) is 0 Å². The minimum absolute atomic E-state index is 0.426. The highest BCUT2D eigenvalue weighted by atomic mass is 19.3. The van der Waals surface area contributed by atoms with Crippen LogP contribution in [0.25, 0.3) is 0 Å². The first-order valence-electron chi connectivity index (χ1n) is 3.84. The summed E-state index contributed by atoms with van der Waals surface area (Å²) in [6.07, 6.45) is -3.50. The van der Waals surface area contributed by atoms with Crippen LogP contribution in [0, 0.1) is 28.5 Å². The number of nitrogens with zero attached hydrogens (tertiary/aromatic N) is 3. The van der Waals surface area contributed by atoms with Gasteiger partial charge >= 0.3 is 0 Å². The number of alkyl halides is 2. The first-order valence-corrected chi connectivity index (χ1v) is 3.84. The van der Waals surface area contributed by atoms with Crippen LogP contribution in [-0.2, 0) is 6.42 Å². The smallest absolute Gasteiger partial charge is 0.236 e. The molecule has 0 bridgehead atoms. The Kier molecular flexibility index (Phi) is 3.25. The zero-order valence-corrected chi connectivity index (χ0v) is 7.34. The molecule has 15 heavy (non-hydrogen) atoms. The van der Waals surface area contributed by atoms with Gasteiger partial charge in [-0.3, -0.25) is 0 Å². The fraction of sp³-hybridized carbons (Fsp3) is 0.222. The van der Waals surface area contributed by atoms with Gasteiger partial charge in [-0.05, 0) is 0 Å². The van der Waals surface area contributed by atoms with Crippen LogP contribution in [0.2, 0.25) is 0 Å². The third kappa shape index (κ3) is 2.23. The molecule has 3 nitrogen and oxygen atoms in total. The van der Waals surface area contributed by atoms with E-state index in [9.17, 15) is 13.2 Å². The molecular weight excluding hydrogens is 207 g/mol. The molecule has 0 spiro atoms. The van der Waals surface area contributed by atoms with E-state index >= 15 is 0 Å². The number of rotatable bonds is 2. The Bertz CT molecular complexity index is 457. The Hall–Kier alpha value is -2.08. The molecule has 1 aromatic rings. The van der Waals surface area contributed by atoms with Crippen molar-refractivity contribution in [3.8, 4) is 12.1 Å².